The van der Waals surface area contributed by atoms with Gasteiger partial charge in [-0.1, -0.05) is 12.1 Å². The number of anilines is 1. The highest BCUT2D eigenvalue weighted by atomic mass is 15.2. The van der Waals surface area contributed by atoms with E-state index < -0.39 is 0 Å². The summed E-state index contributed by atoms with van der Waals surface area (Å²) < 4.78 is 2.05. The first-order valence-corrected chi connectivity index (χ1v) is 5.40. The number of H-pyrrole nitrogens is 1. The van der Waals surface area contributed by atoms with Gasteiger partial charge in [-0.15, -0.1) is 0 Å². The fourth-order valence-electron chi connectivity index (χ4n) is 2.16. The summed E-state index contributed by atoms with van der Waals surface area (Å²) in [7, 11) is 1.99. The standard InChI is InChI=1S/C12H13N5/c1-7-4-3-5-8-11(7)17(2)12(14-8)9-6-10(13)16-15-9/h3-6H,1-2H3,(H3,13,15,16). The second-order valence-electron chi connectivity index (χ2n) is 4.14. The molecule has 0 radical (unpaired) electrons. The van der Waals surface area contributed by atoms with Gasteiger partial charge >= 0.3 is 0 Å². The van der Waals surface area contributed by atoms with Crippen LogP contribution in [0.1, 0.15) is 5.56 Å². The monoisotopic (exact) mass is 227 g/mol. The lowest BCUT2D eigenvalue weighted by Gasteiger charge is -2.01. The van der Waals surface area contributed by atoms with Crippen LogP contribution in [0.15, 0.2) is 24.3 Å². The molecule has 2 heterocycles. The number of aryl methyl sites for hydroxylation is 2. The molecule has 3 N–H and O–H groups in total. The van der Waals surface area contributed by atoms with Crippen molar-refractivity contribution >= 4 is 16.9 Å². The first-order chi connectivity index (χ1) is 8.16. The van der Waals surface area contributed by atoms with Crippen molar-refractivity contribution in [2.24, 2.45) is 7.05 Å². The van der Waals surface area contributed by atoms with Gasteiger partial charge in [0.15, 0.2) is 5.82 Å². The van der Waals surface area contributed by atoms with Gasteiger partial charge < -0.3 is 10.3 Å². The van der Waals surface area contributed by atoms with E-state index in [1.165, 1.54) is 5.56 Å². The minimum absolute atomic E-state index is 0.476. The smallest absolute Gasteiger partial charge is 0.159 e. The maximum atomic E-state index is 5.61. The number of aromatic nitrogens is 4. The number of hydrogen-bond acceptors (Lipinski definition) is 3. The van der Waals surface area contributed by atoms with E-state index in [0.29, 0.717) is 5.82 Å². The Kier molecular flexibility index (Phi) is 1.95. The number of hydrogen-bond donors (Lipinski definition) is 2. The van der Waals surface area contributed by atoms with Crippen molar-refractivity contribution < 1.29 is 0 Å². The number of imidazole rings is 1. The SMILES string of the molecule is Cc1cccc2nc(-c3cc(N)n[nH]3)n(C)c12. The van der Waals surface area contributed by atoms with Crippen molar-refractivity contribution in [3.8, 4) is 11.5 Å². The zero-order valence-electron chi connectivity index (χ0n) is 9.73. The van der Waals surface area contributed by atoms with E-state index in [0.717, 1.165) is 22.6 Å². The van der Waals surface area contributed by atoms with Crippen molar-refractivity contribution in [1.29, 1.82) is 0 Å². The van der Waals surface area contributed by atoms with Crippen LogP contribution in [0.3, 0.4) is 0 Å². The molecular formula is C12H13N5. The molecule has 0 bridgehead atoms. The molecular weight excluding hydrogens is 214 g/mol. The summed E-state index contributed by atoms with van der Waals surface area (Å²) in [5.74, 6) is 1.32. The molecule has 3 aromatic rings. The number of nitrogen functional groups attached to an aromatic ring is 1. The van der Waals surface area contributed by atoms with Gasteiger partial charge in [0.25, 0.3) is 0 Å². The third-order valence-electron chi connectivity index (χ3n) is 2.93. The van der Waals surface area contributed by atoms with Gasteiger partial charge in [0.2, 0.25) is 0 Å². The number of benzene rings is 1. The Balaban J connectivity index is 2.32. The lowest BCUT2D eigenvalue weighted by atomic mass is 10.2. The molecule has 2 aromatic heterocycles. The highest BCUT2D eigenvalue weighted by Crippen LogP contribution is 2.24. The normalized spacial score (nSPS) is 11.2. The molecule has 0 aliphatic rings. The minimum Gasteiger partial charge on any atom is -0.382 e. The van der Waals surface area contributed by atoms with Crippen LogP contribution in [0.4, 0.5) is 5.82 Å². The molecule has 0 fully saturated rings. The number of rotatable bonds is 1. The molecule has 0 saturated carbocycles. The molecule has 5 heteroatoms. The molecule has 86 valence electrons. The van der Waals surface area contributed by atoms with Gasteiger partial charge in [-0.05, 0) is 18.6 Å². The van der Waals surface area contributed by atoms with Crippen LogP contribution in [-0.4, -0.2) is 19.7 Å². The van der Waals surface area contributed by atoms with E-state index in [1.807, 2.05) is 19.2 Å². The van der Waals surface area contributed by atoms with Gasteiger partial charge in [-0.2, -0.15) is 5.10 Å². The summed E-state index contributed by atoms with van der Waals surface area (Å²) in [6.07, 6.45) is 0. The van der Waals surface area contributed by atoms with Crippen molar-refractivity contribution in [3.05, 3.63) is 29.8 Å². The summed E-state index contributed by atoms with van der Waals surface area (Å²) >= 11 is 0. The van der Waals surface area contributed by atoms with Crippen LogP contribution in [0.25, 0.3) is 22.6 Å². The Morgan fingerprint density at radius 3 is 2.82 bits per heavy atom. The average molecular weight is 227 g/mol. The number of fused-ring (bicyclic) bond motifs is 1. The molecule has 0 amide bonds. The van der Waals surface area contributed by atoms with Gasteiger partial charge in [-0.25, -0.2) is 4.98 Å². The number of aromatic amines is 1. The Labute approximate surface area is 98.3 Å². The van der Waals surface area contributed by atoms with Gasteiger partial charge in [0.05, 0.1) is 11.0 Å². The van der Waals surface area contributed by atoms with Crippen molar-refractivity contribution in [2.75, 3.05) is 5.73 Å². The topological polar surface area (TPSA) is 72.5 Å². The minimum atomic E-state index is 0.476. The highest BCUT2D eigenvalue weighted by molar-refractivity contribution is 5.83. The van der Waals surface area contributed by atoms with Crippen molar-refractivity contribution in [2.45, 2.75) is 6.92 Å². The summed E-state index contributed by atoms with van der Waals surface area (Å²) in [4.78, 5) is 4.59. The molecule has 1 aromatic carbocycles. The van der Waals surface area contributed by atoms with Gasteiger partial charge in [-0.3, -0.25) is 5.10 Å². The van der Waals surface area contributed by atoms with Crippen LogP contribution >= 0.6 is 0 Å². The zero-order valence-corrected chi connectivity index (χ0v) is 9.73. The summed E-state index contributed by atoms with van der Waals surface area (Å²) in [5, 5.41) is 6.81. The van der Waals surface area contributed by atoms with Gasteiger partial charge in [0.1, 0.15) is 11.5 Å². The average Bonchev–Trinajstić information content (AvgIpc) is 2.84. The zero-order chi connectivity index (χ0) is 12.0. The molecule has 5 nitrogen and oxygen atoms in total. The molecule has 17 heavy (non-hydrogen) atoms. The first-order valence-electron chi connectivity index (χ1n) is 5.40. The van der Waals surface area contributed by atoms with E-state index in [9.17, 15) is 0 Å². The number of nitrogens with one attached hydrogen (secondary N) is 1. The van der Waals surface area contributed by atoms with E-state index in [-0.39, 0.29) is 0 Å². The molecule has 0 aliphatic heterocycles. The van der Waals surface area contributed by atoms with Crippen LogP contribution in [0.2, 0.25) is 0 Å². The molecule has 0 spiro atoms. The maximum Gasteiger partial charge on any atom is 0.159 e. The fraction of sp³-hybridized carbons (Fsp3) is 0.167. The Hall–Kier alpha value is -2.30. The summed E-state index contributed by atoms with van der Waals surface area (Å²) in [6, 6.07) is 7.88. The number of nitrogens with zero attached hydrogens (tertiary/aromatic N) is 3. The van der Waals surface area contributed by atoms with E-state index in [2.05, 4.69) is 32.7 Å². The molecule has 0 saturated heterocycles. The van der Waals surface area contributed by atoms with Crippen LogP contribution < -0.4 is 5.73 Å². The Morgan fingerprint density at radius 2 is 2.18 bits per heavy atom. The van der Waals surface area contributed by atoms with Gasteiger partial charge in [0, 0.05) is 13.1 Å². The predicted molar refractivity (Wildman–Crippen MR) is 67.4 cm³/mol. The molecule has 0 unspecified atom stereocenters. The Bertz CT molecular complexity index is 692. The second kappa shape index (κ2) is 3.35. The van der Waals surface area contributed by atoms with E-state index in [1.54, 1.807) is 6.07 Å². The predicted octanol–water partition coefficient (Wildman–Crippen LogP) is 1.85. The third-order valence-corrected chi connectivity index (χ3v) is 2.93. The number of para-hydroxylation sites is 1. The summed E-state index contributed by atoms with van der Waals surface area (Å²) in [5.41, 5.74) is 9.77. The van der Waals surface area contributed by atoms with Crippen LogP contribution in [0, 0.1) is 6.92 Å². The second-order valence-corrected chi connectivity index (χ2v) is 4.14. The first kappa shape index (κ1) is 9.89. The fourth-order valence-corrected chi connectivity index (χ4v) is 2.16. The number of nitrogens with two attached hydrogens (primary N) is 1. The molecule has 0 atom stereocenters. The highest BCUT2D eigenvalue weighted by Gasteiger charge is 2.12. The van der Waals surface area contributed by atoms with Crippen LogP contribution in [0.5, 0.6) is 0 Å². The molecule has 0 aliphatic carbocycles. The quantitative estimate of drug-likeness (QED) is 0.666. The van der Waals surface area contributed by atoms with Crippen LogP contribution in [-0.2, 0) is 7.05 Å². The van der Waals surface area contributed by atoms with Crippen molar-refractivity contribution in [1.82, 2.24) is 19.7 Å². The van der Waals surface area contributed by atoms with E-state index >= 15 is 0 Å². The molecule has 3 rings (SSSR count). The largest absolute Gasteiger partial charge is 0.382 e. The van der Waals surface area contributed by atoms with E-state index in [4.69, 9.17) is 5.73 Å². The third kappa shape index (κ3) is 1.39. The Morgan fingerprint density at radius 1 is 1.35 bits per heavy atom. The lowest BCUT2D eigenvalue weighted by molar-refractivity contribution is 0.941. The summed E-state index contributed by atoms with van der Waals surface area (Å²) in [6.45, 7) is 2.08. The van der Waals surface area contributed by atoms with Crippen molar-refractivity contribution in [3.63, 3.8) is 0 Å². The maximum absolute atomic E-state index is 5.61. The lowest BCUT2D eigenvalue weighted by Crippen LogP contribution is -1.93.